The van der Waals surface area contributed by atoms with Gasteiger partial charge in [0.1, 0.15) is 5.69 Å². The van der Waals surface area contributed by atoms with E-state index in [1.807, 2.05) is 16.5 Å². The van der Waals surface area contributed by atoms with Crippen molar-refractivity contribution >= 4 is 5.91 Å². The monoisotopic (exact) mass is 278 g/mol. The third-order valence-corrected chi connectivity index (χ3v) is 4.32. The number of piperidine rings is 1. The number of morpholine rings is 1. The van der Waals surface area contributed by atoms with Gasteiger partial charge in [-0.3, -0.25) is 9.69 Å². The summed E-state index contributed by atoms with van der Waals surface area (Å²) in [5.74, 6) is 0.0330. The van der Waals surface area contributed by atoms with Gasteiger partial charge in [0.05, 0.1) is 25.1 Å². The second-order valence-electron chi connectivity index (χ2n) is 5.57. The maximum atomic E-state index is 12.5. The van der Waals surface area contributed by atoms with E-state index in [-0.39, 0.29) is 12.0 Å². The summed E-state index contributed by atoms with van der Waals surface area (Å²) in [5, 5.41) is 0. The van der Waals surface area contributed by atoms with Crippen LogP contribution in [0.15, 0.2) is 12.5 Å². The van der Waals surface area contributed by atoms with Gasteiger partial charge in [0.2, 0.25) is 0 Å². The fourth-order valence-electron chi connectivity index (χ4n) is 3.20. The zero-order chi connectivity index (χ0) is 14.1. The van der Waals surface area contributed by atoms with Gasteiger partial charge in [0.15, 0.2) is 0 Å². The third kappa shape index (κ3) is 2.45. The summed E-state index contributed by atoms with van der Waals surface area (Å²) in [6.45, 7) is 6.45. The molecule has 0 radical (unpaired) electrons. The summed E-state index contributed by atoms with van der Waals surface area (Å²) in [6.07, 6.45) is 4.64. The predicted octanol–water partition coefficient (Wildman–Crippen LogP) is 0.355. The van der Waals surface area contributed by atoms with Crippen molar-refractivity contribution in [3.8, 4) is 0 Å². The number of aryl methyl sites for hydroxylation is 1. The zero-order valence-electron chi connectivity index (χ0n) is 12.2. The van der Waals surface area contributed by atoms with Gasteiger partial charge in [-0.25, -0.2) is 4.98 Å². The van der Waals surface area contributed by atoms with Crippen molar-refractivity contribution in [1.29, 1.82) is 0 Å². The van der Waals surface area contributed by atoms with Crippen molar-refractivity contribution in [3.05, 3.63) is 18.2 Å². The fourth-order valence-corrected chi connectivity index (χ4v) is 3.20. The Balaban J connectivity index is 1.71. The maximum absolute atomic E-state index is 12.5. The standard InChI is InChI=1S/C14H22N4O2/c1-3-17-6-7-20-13-4-5-18(9-12(13)17)14(19)11-8-16(2)10-15-11/h8,10,12-13H,3-7,9H2,1-2H3/t12-,13-/m1/s1. The van der Waals surface area contributed by atoms with Gasteiger partial charge in [-0.05, 0) is 13.0 Å². The molecular weight excluding hydrogens is 256 g/mol. The Morgan fingerprint density at radius 1 is 1.50 bits per heavy atom. The van der Waals surface area contributed by atoms with Crippen molar-refractivity contribution in [3.63, 3.8) is 0 Å². The van der Waals surface area contributed by atoms with Crippen LogP contribution in [0.3, 0.4) is 0 Å². The number of amides is 1. The minimum Gasteiger partial charge on any atom is -0.375 e. The number of carbonyl (C=O) groups excluding carboxylic acids is 1. The zero-order valence-corrected chi connectivity index (χ0v) is 12.2. The number of rotatable bonds is 2. The summed E-state index contributed by atoms with van der Waals surface area (Å²) >= 11 is 0. The Hall–Kier alpha value is -1.40. The fraction of sp³-hybridized carbons (Fsp3) is 0.714. The first-order valence-electron chi connectivity index (χ1n) is 7.32. The van der Waals surface area contributed by atoms with Crippen LogP contribution in [-0.4, -0.2) is 70.2 Å². The molecule has 0 aromatic carbocycles. The number of hydrogen-bond donors (Lipinski definition) is 0. The van der Waals surface area contributed by atoms with Crippen molar-refractivity contribution in [1.82, 2.24) is 19.4 Å². The molecule has 1 aromatic rings. The molecule has 0 spiro atoms. The van der Waals surface area contributed by atoms with Crippen LogP contribution in [0.25, 0.3) is 0 Å². The number of imidazole rings is 1. The molecule has 1 aromatic heterocycles. The highest BCUT2D eigenvalue weighted by Crippen LogP contribution is 2.23. The smallest absolute Gasteiger partial charge is 0.274 e. The van der Waals surface area contributed by atoms with Crippen LogP contribution in [0.2, 0.25) is 0 Å². The van der Waals surface area contributed by atoms with Gasteiger partial charge in [-0.2, -0.15) is 0 Å². The van der Waals surface area contributed by atoms with Crippen molar-refractivity contribution < 1.29 is 9.53 Å². The Bertz CT molecular complexity index is 481. The molecule has 1 amide bonds. The molecule has 3 heterocycles. The van der Waals surface area contributed by atoms with Crippen molar-refractivity contribution in [2.75, 3.05) is 32.8 Å². The van der Waals surface area contributed by atoms with Gasteiger partial charge >= 0.3 is 0 Å². The number of aromatic nitrogens is 2. The molecule has 2 aliphatic rings. The van der Waals surface area contributed by atoms with Gasteiger partial charge < -0.3 is 14.2 Å². The van der Waals surface area contributed by atoms with Crippen molar-refractivity contribution in [2.45, 2.75) is 25.5 Å². The number of fused-ring (bicyclic) bond motifs is 1. The van der Waals surface area contributed by atoms with E-state index in [9.17, 15) is 4.79 Å². The van der Waals surface area contributed by atoms with Gasteiger partial charge in [-0.15, -0.1) is 0 Å². The molecule has 2 aliphatic heterocycles. The van der Waals surface area contributed by atoms with E-state index in [4.69, 9.17) is 4.74 Å². The molecule has 0 saturated carbocycles. The Kier molecular flexibility index (Phi) is 3.76. The summed E-state index contributed by atoms with van der Waals surface area (Å²) < 4.78 is 7.66. The number of hydrogen-bond acceptors (Lipinski definition) is 4. The summed E-state index contributed by atoms with van der Waals surface area (Å²) in [5.41, 5.74) is 0.533. The molecule has 0 unspecified atom stereocenters. The van der Waals surface area contributed by atoms with Gasteiger partial charge in [0.25, 0.3) is 5.91 Å². The van der Waals surface area contributed by atoms with E-state index < -0.39 is 0 Å². The first-order valence-corrected chi connectivity index (χ1v) is 7.32. The van der Waals surface area contributed by atoms with E-state index in [1.54, 1.807) is 12.5 Å². The molecule has 0 bridgehead atoms. The normalized spacial score (nSPS) is 27.4. The largest absolute Gasteiger partial charge is 0.375 e. The second-order valence-corrected chi connectivity index (χ2v) is 5.57. The van der Waals surface area contributed by atoms with Crippen LogP contribution in [0.4, 0.5) is 0 Å². The van der Waals surface area contributed by atoms with Crippen LogP contribution in [0, 0.1) is 0 Å². The Morgan fingerprint density at radius 3 is 3.05 bits per heavy atom. The lowest BCUT2D eigenvalue weighted by Crippen LogP contribution is -2.60. The molecule has 2 saturated heterocycles. The molecule has 3 rings (SSSR count). The number of likely N-dealkylation sites (tertiary alicyclic amines) is 1. The minimum atomic E-state index is 0.0330. The van der Waals surface area contributed by atoms with E-state index in [1.165, 1.54) is 0 Å². The number of carbonyl (C=O) groups is 1. The lowest BCUT2D eigenvalue weighted by Gasteiger charge is -2.46. The van der Waals surface area contributed by atoms with E-state index in [2.05, 4.69) is 16.8 Å². The SMILES string of the molecule is CCN1CCO[C@@H]2CCN(C(=O)c3cn(C)cn3)C[C@H]21. The maximum Gasteiger partial charge on any atom is 0.274 e. The Labute approximate surface area is 119 Å². The summed E-state index contributed by atoms with van der Waals surface area (Å²) in [4.78, 5) is 21.0. The summed E-state index contributed by atoms with van der Waals surface area (Å²) in [6, 6.07) is 0.329. The number of ether oxygens (including phenoxy) is 1. The molecule has 0 N–H and O–H groups in total. The van der Waals surface area contributed by atoms with Gasteiger partial charge in [0, 0.05) is 32.9 Å². The average molecular weight is 278 g/mol. The molecule has 2 atom stereocenters. The second kappa shape index (κ2) is 5.54. The van der Waals surface area contributed by atoms with Crippen LogP contribution < -0.4 is 0 Å². The molecule has 20 heavy (non-hydrogen) atoms. The molecular formula is C14H22N4O2. The highest BCUT2D eigenvalue weighted by Gasteiger charge is 2.38. The lowest BCUT2D eigenvalue weighted by atomic mass is 9.98. The average Bonchev–Trinajstić information content (AvgIpc) is 2.91. The number of nitrogens with zero attached hydrogens (tertiary/aromatic N) is 4. The van der Waals surface area contributed by atoms with E-state index >= 15 is 0 Å². The molecule has 6 nitrogen and oxygen atoms in total. The van der Waals surface area contributed by atoms with Crippen LogP contribution in [0.1, 0.15) is 23.8 Å². The number of likely N-dealkylation sites (N-methyl/N-ethyl adjacent to an activating group) is 1. The highest BCUT2D eigenvalue weighted by atomic mass is 16.5. The molecule has 110 valence electrons. The van der Waals surface area contributed by atoms with Crippen molar-refractivity contribution in [2.24, 2.45) is 7.05 Å². The van der Waals surface area contributed by atoms with E-state index in [0.29, 0.717) is 11.7 Å². The first kappa shape index (κ1) is 13.6. The minimum absolute atomic E-state index is 0.0330. The predicted molar refractivity (Wildman–Crippen MR) is 74.5 cm³/mol. The lowest BCUT2D eigenvalue weighted by molar-refractivity contribution is -0.0962. The highest BCUT2D eigenvalue weighted by molar-refractivity contribution is 5.92. The van der Waals surface area contributed by atoms with Crippen LogP contribution in [0.5, 0.6) is 0 Å². The molecule has 6 heteroatoms. The quantitative estimate of drug-likeness (QED) is 0.783. The third-order valence-electron chi connectivity index (χ3n) is 4.32. The van der Waals surface area contributed by atoms with Gasteiger partial charge in [-0.1, -0.05) is 6.92 Å². The topological polar surface area (TPSA) is 50.6 Å². The van der Waals surface area contributed by atoms with Crippen LogP contribution >= 0.6 is 0 Å². The van der Waals surface area contributed by atoms with Crippen LogP contribution in [-0.2, 0) is 11.8 Å². The Morgan fingerprint density at radius 2 is 2.35 bits per heavy atom. The molecule has 2 fully saturated rings. The van der Waals surface area contributed by atoms with E-state index in [0.717, 1.165) is 39.2 Å². The first-order chi connectivity index (χ1) is 9.69. The summed E-state index contributed by atoms with van der Waals surface area (Å²) in [7, 11) is 1.88. The molecule has 0 aliphatic carbocycles.